The van der Waals surface area contributed by atoms with Crippen molar-refractivity contribution < 1.29 is 9.90 Å². The third-order valence-electron chi connectivity index (χ3n) is 3.78. The quantitative estimate of drug-likeness (QED) is 0.756. The summed E-state index contributed by atoms with van der Waals surface area (Å²) >= 11 is 1.49. The molecule has 0 radical (unpaired) electrons. The van der Waals surface area contributed by atoms with Crippen molar-refractivity contribution in [2.45, 2.75) is 26.8 Å². The summed E-state index contributed by atoms with van der Waals surface area (Å²) in [4.78, 5) is 34.5. The summed E-state index contributed by atoms with van der Waals surface area (Å²) in [5, 5.41) is 12.7. The van der Waals surface area contributed by atoms with Gasteiger partial charge in [-0.15, -0.1) is 11.3 Å². The number of hydrogen-bond donors (Lipinski definition) is 2. The molecule has 0 atom stereocenters. The Kier molecular flexibility index (Phi) is 4.30. The van der Waals surface area contributed by atoms with Crippen molar-refractivity contribution in [1.82, 2.24) is 14.5 Å². The van der Waals surface area contributed by atoms with Crippen LogP contribution in [0.15, 0.2) is 29.5 Å². The van der Waals surface area contributed by atoms with Crippen molar-refractivity contribution >= 4 is 33.3 Å². The molecule has 3 heterocycles. The number of hydrogen-bond acceptors (Lipinski definition) is 6. The van der Waals surface area contributed by atoms with Crippen LogP contribution in [0.1, 0.15) is 16.9 Å². The van der Waals surface area contributed by atoms with E-state index < -0.39 is 0 Å². The predicted octanol–water partition coefficient (Wildman–Crippen LogP) is 2.20. The van der Waals surface area contributed by atoms with E-state index in [1.807, 2.05) is 13.8 Å². The van der Waals surface area contributed by atoms with E-state index in [2.05, 4.69) is 15.3 Å². The average molecular weight is 344 g/mol. The maximum Gasteiger partial charge on any atom is 0.262 e. The lowest BCUT2D eigenvalue weighted by atomic mass is 10.2. The molecule has 0 spiro atoms. The van der Waals surface area contributed by atoms with Crippen LogP contribution in [0.25, 0.3) is 10.2 Å². The second-order valence-corrected chi connectivity index (χ2v) is 6.58. The molecule has 0 saturated carbocycles. The largest absolute Gasteiger partial charge is 0.504 e. The molecular weight excluding hydrogens is 328 g/mol. The number of aromatic hydroxyl groups is 1. The molecule has 3 rings (SSSR count). The van der Waals surface area contributed by atoms with Gasteiger partial charge in [0, 0.05) is 24.0 Å². The summed E-state index contributed by atoms with van der Waals surface area (Å²) in [6.45, 7) is 4.06. The molecule has 3 aromatic heterocycles. The highest BCUT2D eigenvalue weighted by Crippen LogP contribution is 2.25. The first-order valence-electron chi connectivity index (χ1n) is 7.36. The molecule has 0 saturated heterocycles. The van der Waals surface area contributed by atoms with E-state index in [1.165, 1.54) is 34.5 Å². The summed E-state index contributed by atoms with van der Waals surface area (Å²) in [6.07, 6.45) is 3.01. The zero-order valence-electron chi connectivity index (χ0n) is 13.2. The molecule has 0 aliphatic carbocycles. The van der Waals surface area contributed by atoms with E-state index in [9.17, 15) is 14.7 Å². The Bertz CT molecular complexity index is 977. The van der Waals surface area contributed by atoms with Gasteiger partial charge in [-0.25, -0.2) is 9.97 Å². The summed E-state index contributed by atoms with van der Waals surface area (Å²) in [7, 11) is 0. The maximum atomic E-state index is 12.5. The minimum absolute atomic E-state index is 0.0747. The number of rotatable bonds is 4. The number of nitrogens with zero attached hydrogens (tertiary/aromatic N) is 3. The Labute approximate surface area is 141 Å². The standard InChI is InChI=1S/C16H16N4O3S/c1-9-10(2)24-15-13(9)16(23)20(8-18-15)7-5-12(22)19-14-11(21)4-3-6-17-14/h3-4,6,8,21H,5,7H2,1-2H3,(H,17,19,22). The molecule has 0 aliphatic rings. The molecular formula is C16H16N4O3S. The van der Waals surface area contributed by atoms with Crippen LogP contribution >= 0.6 is 11.3 Å². The molecule has 0 aliphatic heterocycles. The molecule has 7 nitrogen and oxygen atoms in total. The minimum Gasteiger partial charge on any atom is -0.504 e. The van der Waals surface area contributed by atoms with Crippen LogP contribution in [0.5, 0.6) is 5.75 Å². The van der Waals surface area contributed by atoms with Crippen LogP contribution in [0.3, 0.4) is 0 Å². The number of carbonyl (C=O) groups excluding carboxylic acids is 1. The fourth-order valence-electron chi connectivity index (χ4n) is 2.34. The SMILES string of the molecule is Cc1sc2ncn(CCC(=O)Nc3ncccc3O)c(=O)c2c1C. The summed E-state index contributed by atoms with van der Waals surface area (Å²) < 4.78 is 1.43. The third kappa shape index (κ3) is 3.00. The number of anilines is 1. The minimum atomic E-state index is -0.339. The lowest BCUT2D eigenvalue weighted by Gasteiger charge is -2.07. The summed E-state index contributed by atoms with van der Waals surface area (Å²) in [6, 6.07) is 3.00. The van der Waals surface area contributed by atoms with Crippen molar-refractivity contribution in [2.75, 3.05) is 5.32 Å². The molecule has 8 heteroatoms. The van der Waals surface area contributed by atoms with E-state index in [1.54, 1.807) is 6.07 Å². The molecule has 2 N–H and O–H groups in total. The Morgan fingerprint density at radius 3 is 2.92 bits per heavy atom. The molecule has 124 valence electrons. The first kappa shape index (κ1) is 16.1. The van der Waals surface area contributed by atoms with Crippen molar-refractivity contribution in [2.24, 2.45) is 0 Å². The molecule has 24 heavy (non-hydrogen) atoms. The summed E-state index contributed by atoms with van der Waals surface area (Å²) in [5.74, 6) is -0.336. The van der Waals surface area contributed by atoms with Crippen molar-refractivity contribution in [1.29, 1.82) is 0 Å². The fraction of sp³-hybridized carbons (Fsp3) is 0.250. The number of aryl methyl sites for hydroxylation is 3. The monoisotopic (exact) mass is 344 g/mol. The van der Waals surface area contributed by atoms with Gasteiger partial charge < -0.3 is 10.4 Å². The second kappa shape index (κ2) is 6.40. The van der Waals surface area contributed by atoms with Crippen LogP contribution in [-0.2, 0) is 11.3 Å². The van der Waals surface area contributed by atoms with E-state index >= 15 is 0 Å². The Balaban J connectivity index is 1.75. The third-order valence-corrected chi connectivity index (χ3v) is 4.90. The Hall–Kier alpha value is -2.74. The molecule has 3 aromatic rings. The highest BCUT2D eigenvalue weighted by Gasteiger charge is 2.13. The number of pyridine rings is 1. The lowest BCUT2D eigenvalue weighted by Crippen LogP contribution is -2.23. The Morgan fingerprint density at radius 2 is 2.17 bits per heavy atom. The van der Waals surface area contributed by atoms with Gasteiger partial charge in [0.05, 0.1) is 11.7 Å². The van der Waals surface area contributed by atoms with Gasteiger partial charge in [0.2, 0.25) is 5.91 Å². The number of carbonyl (C=O) groups is 1. The van der Waals surface area contributed by atoms with E-state index in [-0.39, 0.29) is 36.0 Å². The van der Waals surface area contributed by atoms with Gasteiger partial charge in [0.15, 0.2) is 11.6 Å². The van der Waals surface area contributed by atoms with Crippen LogP contribution < -0.4 is 10.9 Å². The zero-order chi connectivity index (χ0) is 17.3. The number of nitrogens with one attached hydrogen (secondary N) is 1. The van der Waals surface area contributed by atoms with Gasteiger partial charge in [-0.05, 0) is 31.5 Å². The van der Waals surface area contributed by atoms with Crippen LogP contribution in [0.4, 0.5) is 5.82 Å². The maximum absolute atomic E-state index is 12.5. The van der Waals surface area contributed by atoms with Gasteiger partial charge in [-0.3, -0.25) is 14.2 Å². The number of thiophene rings is 1. The van der Waals surface area contributed by atoms with Crippen molar-refractivity contribution in [3.8, 4) is 5.75 Å². The second-order valence-electron chi connectivity index (χ2n) is 5.38. The van der Waals surface area contributed by atoms with Gasteiger partial charge in [0.25, 0.3) is 5.56 Å². The van der Waals surface area contributed by atoms with E-state index in [4.69, 9.17) is 0 Å². The summed E-state index contributed by atoms with van der Waals surface area (Å²) in [5.41, 5.74) is 0.792. The highest BCUT2D eigenvalue weighted by molar-refractivity contribution is 7.18. The first-order chi connectivity index (χ1) is 11.5. The van der Waals surface area contributed by atoms with Gasteiger partial charge >= 0.3 is 0 Å². The molecule has 0 fully saturated rings. The average Bonchev–Trinajstić information content (AvgIpc) is 2.84. The normalized spacial score (nSPS) is 10.9. The van der Waals surface area contributed by atoms with E-state index in [0.29, 0.717) is 10.2 Å². The van der Waals surface area contributed by atoms with Crippen LogP contribution in [0.2, 0.25) is 0 Å². The number of aromatic nitrogens is 3. The first-order valence-corrected chi connectivity index (χ1v) is 8.18. The predicted molar refractivity (Wildman–Crippen MR) is 92.5 cm³/mol. The van der Waals surface area contributed by atoms with Crippen LogP contribution in [-0.4, -0.2) is 25.5 Å². The highest BCUT2D eigenvalue weighted by atomic mass is 32.1. The van der Waals surface area contributed by atoms with Crippen LogP contribution in [0, 0.1) is 13.8 Å². The molecule has 0 bridgehead atoms. The van der Waals surface area contributed by atoms with Gasteiger partial charge in [-0.2, -0.15) is 0 Å². The molecule has 0 aromatic carbocycles. The number of fused-ring (bicyclic) bond motifs is 1. The zero-order valence-corrected chi connectivity index (χ0v) is 14.1. The lowest BCUT2D eigenvalue weighted by molar-refractivity contribution is -0.116. The molecule has 0 unspecified atom stereocenters. The van der Waals surface area contributed by atoms with Gasteiger partial charge in [-0.1, -0.05) is 0 Å². The van der Waals surface area contributed by atoms with Crippen molar-refractivity contribution in [3.63, 3.8) is 0 Å². The fourth-order valence-corrected chi connectivity index (χ4v) is 3.33. The molecule has 1 amide bonds. The van der Waals surface area contributed by atoms with Crippen molar-refractivity contribution in [3.05, 3.63) is 45.5 Å². The van der Waals surface area contributed by atoms with E-state index in [0.717, 1.165) is 10.4 Å². The topological polar surface area (TPSA) is 97.1 Å². The van der Waals surface area contributed by atoms with Gasteiger partial charge in [0.1, 0.15) is 4.83 Å². The smallest absolute Gasteiger partial charge is 0.262 e. The Morgan fingerprint density at radius 1 is 1.38 bits per heavy atom. The number of amides is 1.